The van der Waals surface area contributed by atoms with Crippen LogP contribution in [-0.2, 0) is 25.7 Å². The largest absolute Gasteiger partial charge is 0.481 e. The molecule has 0 spiro atoms. The molecule has 2 aliphatic rings. The summed E-state index contributed by atoms with van der Waals surface area (Å²) in [7, 11) is 0. The van der Waals surface area contributed by atoms with Crippen molar-refractivity contribution in [2.45, 2.75) is 20.0 Å². The number of rotatable bonds is 5. The molecule has 3 heterocycles. The Hall–Kier alpha value is -2.00. The number of fused-ring (bicyclic) bond motifs is 1. The van der Waals surface area contributed by atoms with Crippen molar-refractivity contribution < 1.29 is 28.7 Å². The highest BCUT2D eigenvalue weighted by Gasteiger charge is 2.54. The number of carbonyl (C=O) groups excluding carboxylic acids is 1. The second-order valence-corrected chi connectivity index (χ2v) is 5.99. The van der Waals surface area contributed by atoms with Crippen molar-refractivity contribution in [3.05, 3.63) is 11.7 Å². The number of amides is 1. The van der Waals surface area contributed by atoms with E-state index in [1.807, 2.05) is 0 Å². The summed E-state index contributed by atoms with van der Waals surface area (Å²) in [6.45, 7) is 2.97. The van der Waals surface area contributed by atoms with Gasteiger partial charge in [0.25, 0.3) is 5.89 Å². The third kappa shape index (κ3) is 3.06. The van der Waals surface area contributed by atoms with Crippen LogP contribution in [-0.4, -0.2) is 64.9 Å². The lowest BCUT2D eigenvalue weighted by atomic mass is 9.74. The molecular weight excluding hydrogens is 306 g/mol. The Morgan fingerprint density at radius 2 is 2.35 bits per heavy atom. The van der Waals surface area contributed by atoms with E-state index in [0.29, 0.717) is 37.9 Å². The third-order valence-electron chi connectivity index (χ3n) is 4.51. The van der Waals surface area contributed by atoms with E-state index in [9.17, 15) is 14.7 Å². The number of hydrogen-bond donors (Lipinski definition) is 1. The monoisotopic (exact) mass is 325 g/mol. The number of aliphatic carboxylic acids is 1. The number of likely N-dealkylation sites (tertiary alicyclic amines) is 1. The molecule has 1 aromatic heterocycles. The van der Waals surface area contributed by atoms with E-state index in [1.54, 1.807) is 11.8 Å². The first-order chi connectivity index (χ1) is 11.0. The number of hydrogen-bond acceptors (Lipinski definition) is 7. The molecule has 9 nitrogen and oxygen atoms in total. The molecule has 0 saturated carbocycles. The molecule has 2 fully saturated rings. The number of carbonyl (C=O) groups is 2. The minimum Gasteiger partial charge on any atom is -0.481 e. The van der Waals surface area contributed by atoms with Crippen LogP contribution in [0.5, 0.6) is 0 Å². The highest BCUT2D eigenvalue weighted by Crippen LogP contribution is 2.42. The zero-order chi connectivity index (χ0) is 16.4. The molecule has 1 N–H and O–H groups in total. The van der Waals surface area contributed by atoms with Crippen molar-refractivity contribution in [1.82, 2.24) is 15.0 Å². The molecule has 9 heteroatoms. The first-order valence-electron chi connectivity index (χ1n) is 7.47. The minimum absolute atomic E-state index is 0.0526. The van der Waals surface area contributed by atoms with Crippen molar-refractivity contribution >= 4 is 11.9 Å². The van der Waals surface area contributed by atoms with Gasteiger partial charge in [-0.1, -0.05) is 5.16 Å². The molecule has 0 aliphatic carbocycles. The van der Waals surface area contributed by atoms with Crippen molar-refractivity contribution in [2.24, 2.45) is 11.3 Å². The molecule has 0 radical (unpaired) electrons. The smallest absolute Gasteiger partial charge is 0.311 e. The van der Waals surface area contributed by atoms with Gasteiger partial charge in [-0.05, 0) is 13.3 Å². The average Bonchev–Trinajstić information content (AvgIpc) is 3.11. The molecule has 1 amide bonds. The minimum atomic E-state index is -0.891. The number of nitrogens with zero attached hydrogens (tertiary/aromatic N) is 3. The molecule has 0 aromatic carbocycles. The fourth-order valence-corrected chi connectivity index (χ4v) is 3.21. The van der Waals surface area contributed by atoms with Crippen LogP contribution in [0.1, 0.15) is 18.1 Å². The Kier molecular flexibility index (Phi) is 4.31. The van der Waals surface area contributed by atoms with Gasteiger partial charge in [-0.3, -0.25) is 9.59 Å². The van der Waals surface area contributed by atoms with Crippen molar-refractivity contribution in [1.29, 1.82) is 0 Å². The summed E-state index contributed by atoms with van der Waals surface area (Å²) in [5, 5.41) is 13.2. The van der Waals surface area contributed by atoms with Gasteiger partial charge in [0.05, 0.1) is 12.0 Å². The van der Waals surface area contributed by atoms with Gasteiger partial charge in [0, 0.05) is 25.6 Å². The van der Waals surface area contributed by atoms with Crippen molar-refractivity contribution in [2.75, 3.05) is 32.9 Å². The second-order valence-electron chi connectivity index (χ2n) is 5.99. The summed E-state index contributed by atoms with van der Waals surface area (Å²) in [5.74, 6) is -0.460. The molecule has 23 heavy (non-hydrogen) atoms. The van der Waals surface area contributed by atoms with Crippen LogP contribution in [0.2, 0.25) is 0 Å². The van der Waals surface area contributed by atoms with E-state index < -0.39 is 11.4 Å². The van der Waals surface area contributed by atoms with Crippen LogP contribution < -0.4 is 0 Å². The Morgan fingerprint density at radius 3 is 3.00 bits per heavy atom. The summed E-state index contributed by atoms with van der Waals surface area (Å²) >= 11 is 0. The first kappa shape index (κ1) is 15.9. The average molecular weight is 325 g/mol. The van der Waals surface area contributed by atoms with Gasteiger partial charge in [0.15, 0.2) is 5.82 Å². The fraction of sp³-hybridized carbons (Fsp3) is 0.714. The Bertz CT molecular complexity index is 603. The Labute approximate surface area is 132 Å². The van der Waals surface area contributed by atoms with Gasteiger partial charge >= 0.3 is 5.97 Å². The number of carboxylic acids is 1. The van der Waals surface area contributed by atoms with Gasteiger partial charge < -0.3 is 24.0 Å². The lowest BCUT2D eigenvalue weighted by Gasteiger charge is -2.33. The van der Waals surface area contributed by atoms with Crippen LogP contribution in [0, 0.1) is 18.3 Å². The maximum absolute atomic E-state index is 12.2. The van der Waals surface area contributed by atoms with Crippen LogP contribution in [0.25, 0.3) is 0 Å². The predicted octanol–water partition coefficient (Wildman–Crippen LogP) is -0.156. The lowest BCUT2D eigenvalue weighted by molar-refractivity contribution is -0.157. The molecule has 2 aliphatic heterocycles. The van der Waals surface area contributed by atoms with Crippen LogP contribution in [0.4, 0.5) is 0 Å². The van der Waals surface area contributed by atoms with Gasteiger partial charge in [0.1, 0.15) is 13.2 Å². The molecule has 0 unspecified atom stereocenters. The number of carboxylic acid groups (broad SMARTS) is 1. The Morgan fingerprint density at radius 1 is 1.52 bits per heavy atom. The predicted molar refractivity (Wildman–Crippen MR) is 74.3 cm³/mol. The summed E-state index contributed by atoms with van der Waals surface area (Å²) in [4.78, 5) is 29.4. The van der Waals surface area contributed by atoms with Crippen LogP contribution >= 0.6 is 0 Å². The zero-order valence-electron chi connectivity index (χ0n) is 12.9. The maximum atomic E-state index is 12.2. The summed E-state index contributed by atoms with van der Waals surface area (Å²) in [5.41, 5.74) is -0.891. The highest BCUT2D eigenvalue weighted by molar-refractivity contribution is 5.81. The second kappa shape index (κ2) is 6.25. The van der Waals surface area contributed by atoms with Gasteiger partial charge in [-0.15, -0.1) is 0 Å². The summed E-state index contributed by atoms with van der Waals surface area (Å²) < 4.78 is 15.5. The van der Waals surface area contributed by atoms with Crippen molar-refractivity contribution in [3.63, 3.8) is 0 Å². The molecule has 1 aromatic rings. The van der Waals surface area contributed by atoms with E-state index in [-0.39, 0.29) is 31.6 Å². The zero-order valence-corrected chi connectivity index (χ0v) is 12.9. The summed E-state index contributed by atoms with van der Waals surface area (Å²) in [6, 6.07) is 0. The quantitative estimate of drug-likeness (QED) is 0.794. The SMILES string of the molecule is Cc1noc(COCC(=O)N2C[C@H]3COCC[C@@]3(C(=O)O)C2)n1. The first-order valence-corrected chi connectivity index (χ1v) is 7.47. The highest BCUT2D eigenvalue weighted by atomic mass is 16.5. The van der Waals surface area contributed by atoms with Gasteiger partial charge in [0.2, 0.25) is 5.91 Å². The molecule has 0 bridgehead atoms. The number of aromatic nitrogens is 2. The fourth-order valence-electron chi connectivity index (χ4n) is 3.21. The Balaban J connectivity index is 1.55. The normalized spacial score (nSPS) is 27.0. The van der Waals surface area contributed by atoms with E-state index in [4.69, 9.17) is 14.0 Å². The third-order valence-corrected chi connectivity index (χ3v) is 4.51. The van der Waals surface area contributed by atoms with Crippen LogP contribution in [0.3, 0.4) is 0 Å². The van der Waals surface area contributed by atoms with E-state index >= 15 is 0 Å². The van der Waals surface area contributed by atoms with Gasteiger partial charge in [-0.2, -0.15) is 4.98 Å². The number of aryl methyl sites for hydroxylation is 1. The summed E-state index contributed by atoms with van der Waals surface area (Å²) in [6.07, 6.45) is 0.429. The van der Waals surface area contributed by atoms with E-state index in [1.165, 1.54) is 0 Å². The molecule has 3 rings (SSSR count). The number of ether oxygens (including phenoxy) is 2. The van der Waals surface area contributed by atoms with Crippen molar-refractivity contribution in [3.8, 4) is 0 Å². The molecule has 2 saturated heterocycles. The standard InChI is InChI=1S/C14H19N3O6/c1-9-15-11(23-16-9)6-22-7-12(18)17-4-10-5-21-3-2-14(10,8-17)13(19)20/h10H,2-8H2,1H3,(H,19,20)/t10-,14+/m0/s1. The van der Waals surface area contributed by atoms with Gasteiger partial charge in [-0.25, -0.2) is 0 Å². The van der Waals surface area contributed by atoms with E-state index in [0.717, 1.165) is 0 Å². The molecular formula is C14H19N3O6. The topological polar surface area (TPSA) is 115 Å². The molecule has 2 atom stereocenters. The maximum Gasteiger partial charge on any atom is 0.311 e. The molecule has 126 valence electrons. The lowest BCUT2D eigenvalue weighted by Crippen LogP contribution is -2.45. The van der Waals surface area contributed by atoms with E-state index in [2.05, 4.69) is 10.1 Å². The van der Waals surface area contributed by atoms with Crippen LogP contribution in [0.15, 0.2) is 4.52 Å².